The summed E-state index contributed by atoms with van der Waals surface area (Å²) in [5, 5.41) is 0. The quantitative estimate of drug-likeness (QED) is 0.501. The third-order valence-electron chi connectivity index (χ3n) is 0.949. The van der Waals surface area contributed by atoms with Gasteiger partial charge in [-0.1, -0.05) is 0 Å². The molecule has 0 aromatic heterocycles. The first kappa shape index (κ1) is 8.14. The number of hydrogen-bond donors (Lipinski definition) is 0. The van der Waals surface area contributed by atoms with Gasteiger partial charge in [-0.05, 0) is 44.0 Å². The van der Waals surface area contributed by atoms with Crippen molar-refractivity contribution in [1.82, 2.24) is 0 Å². The smallest absolute Gasteiger partial charge is 0.151 e. The molecular formula is C6H2Br2F2. The van der Waals surface area contributed by atoms with Gasteiger partial charge in [-0.3, -0.25) is 0 Å². The molecular weight excluding hydrogens is 270 g/mol. The zero-order valence-electron chi connectivity index (χ0n) is 4.67. The molecule has 0 amide bonds. The lowest BCUT2D eigenvalue weighted by molar-refractivity contribution is 0.588. The minimum Gasteiger partial charge on any atom is -0.207 e. The lowest BCUT2D eigenvalue weighted by atomic mass is 10.3. The first-order chi connectivity index (χ1) is 4.61. The topological polar surface area (TPSA) is 0 Å². The Balaban J connectivity index is 3.31. The van der Waals surface area contributed by atoms with E-state index in [1.807, 2.05) is 0 Å². The summed E-state index contributed by atoms with van der Waals surface area (Å²) in [7, 11) is 0. The van der Waals surface area contributed by atoms with Crippen molar-refractivity contribution in [3.63, 3.8) is 0 Å². The Hall–Kier alpha value is 0.0400. The molecule has 0 nitrogen and oxygen atoms in total. The standard InChI is InChI=1S/C6H2Br2F2/c7-4-1-3(9)2-5(8)6(4)10/h1-2H. The van der Waals surface area contributed by atoms with Gasteiger partial charge in [-0.15, -0.1) is 0 Å². The average Bonchev–Trinajstić information content (AvgIpc) is 1.82. The average molecular weight is 272 g/mol. The van der Waals surface area contributed by atoms with E-state index >= 15 is 0 Å². The molecule has 0 saturated heterocycles. The lowest BCUT2D eigenvalue weighted by Gasteiger charge is -1.96. The molecule has 0 spiro atoms. The second-order valence-corrected chi connectivity index (χ2v) is 3.39. The highest BCUT2D eigenvalue weighted by Crippen LogP contribution is 2.24. The second-order valence-electron chi connectivity index (χ2n) is 1.68. The van der Waals surface area contributed by atoms with Crippen molar-refractivity contribution < 1.29 is 8.78 Å². The van der Waals surface area contributed by atoms with Gasteiger partial charge in [0.15, 0.2) is 5.82 Å². The molecule has 0 heterocycles. The van der Waals surface area contributed by atoms with Crippen molar-refractivity contribution in [2.45, 2.75) is 0 Å². The van der Waals surface area contributed by atoms with Gasteiger partial charge in [-0.25, -0.2) is 8.78 Å². The first-order valence-electron chi connectivity index (χ1n) is 2.41. The molecule has 4 heteroatoms. The van der Waals surface area contributed by atoms with Crippen LogP contribution in [0.15, 0.2) is 21.1 Å². The zero-order chi connectivity index (χ0) is 7.72. The lowest BCUT2D eigenvalue weighted by Crippen LogP contribution is -1.82. The van der Waals surface area contributed by atoms with Crippen LogP contribution in [0.4, 0.5) is 8.78 Å². The van der Waals surface area contributed by atoms with E-state index in [-0.39, 0.29) is 8.95 Å². The molecule has 1 aromatic carbocycles. The molecule has 10 heavy (non-hydrogen) atoms. The van der Waals surface area contributed by atoms with Crippen LogP contribution in [0.5, 0.6) is 0 Å². The van der Waals surface area contributed by atoms with Crippen molar-refractivity contribution in [1.29, 1.82) is 0 Å². The van der Waals surface area contributed by atoms with E-state index < -0.39 is 11.6 Å². The van der Waals surface area contributed by atoms with E-state index in [9.17, 15) is 8.78 Å². The molecule has 0 atom stereocenters. The van der Waals surface area contributed by atoms with Crippen LogP contribution in [0, 0.1) is 11.6 Å². The normalized spacial score (nSPS) is 10.0. The predicted molar refractivity (Wildman–Crippen MR) is 41.8 cm³/mol. The largest absolute Gasteiger partial charge is 0.207 e. The fourth-order valence-corrected chi connectivity index (χ4v) is 1.66. The van der Waals surface area contributed by atoms with Crippen LogP contribution in [0.25, 0.3) is 0 Å². The minimum absolute atomic E-state index is 0.124. The molecule has 1 aromatic rings. The Bertz CT molecular complexity index is 237. The minimum atomic E-state index is -0.485. The molecule has 0 fully saturated rings. The van der Waals surface area contributed by atoms with E-state index in [1.54, 1.807) is 0 Å². The highest BCUT2D eigenvalue weighted by Gasteiger charge is 2.05. The van der Waals surface area contributed by atoms with E-state index in [1.165, 1.54) is 0 Å². The molecule has 0 aliphatic carbocycles. The van der Waals surface area contributed by atoms with Crippen molar-refractivity contribution in [3.05, 3.63) is 32.7 Å². The maximum Gasteiger partial charge on any atom is 0.151 e. The maximum atomic E-state index is 12.7. The monoisotopic (exact) mass is 270 g/mol. The summed E-state index contributed by atoms with van der Waals surface area (Å²) in [6.45, 7) is 0. The maximum absolute atomic E-state index is 12.7. The fraction of sp³-hybridized carbons (Fsp3) is 0. The Morgan fingerprint density at radius 1 is 1.00 bits per heavy atom. The van der Waals surface area contributed by atoms with Crippen molar-refractivity contribution in [2.75, 3.05) is 0 Å². The summed E-state index contributed by atoms with van der Waals surface area (Å²) in [5.74, 6) is -0.957. The first-order valence-corrected chi connectivity index (χ1v) is 4.00. The summed E-state index contributed by atoms with van der Waals surface area (Å²) >= 11 is 5.70. The third kappa shape index (κ3) is 1.55. The van der Waals surface area contributed by atoms with Crippen molar-refractivity contribution >= 4 is 31.9 Å². The molecule has 0 bridgehead atoms. The molecule has 0 saturated carbocycles. The Morgan fingerprint density at radius 2 is 1.40 bits per heavy atom. The summed E-state index contributed by atoms with van der Waals surface area (Å²) in [6, 6.07) is 2.14. The van der Waals surface area contributed by atoms with Gasteiger partial charge in [-0.2, -0.15) is 0 Å². The van der Waals surface area contributed by atoms with Gasteiger partial charge in [0, 0.05) is 0 Å². The highest BCUT2D eigenvalue weighted by molar-refractivity contribution is 9.11. The number of halogens is 4. The van der Waals surface area contributed by atoms with Gasteiger partial charge in [0.05, 0.1) is 8.95 Å². The van der Waals surface area contributed by atoms with Gasteiger partial charge in [0.25, 0.3) is 0 Å². The van der Waals surface area contributed by atoms with Gasteiger partial charge in [0.1, 0.15) is 5.82 Å². The molecule has 1 rings (SSSR count). The van der Waals surface area contributed by atoms with Crippen molar-refractivity contribution in [2.24, 2.45) is 0 Å². The van der Waals surface area contributed by atoms with E-state index in [0.717, 1.165) is 12.1 Å². The number of rotatable bonds is 0. The molecule has 0 radical (unpaired) electrons. The summed E-state index contributed by atoms with van der Waals surface area (Å²) in [5.41, 5.74) is 0. The molecule has 0 aliphatic rings. The van der Waals surface area contributed by atoms with Gasteiger partial charge < -0.3 is 0 Å². The molecule has 0 N–H and O–H groups in total. The molecule has 54 valence electrons. The Kier molecular flexibility index (Phi) is 2.41. The Morgan fingerprint density at radius 3 is 1.80 bits per heavy atom. The van der Waals surface area contributed by atoms with Crippen molar-refractivity contribution in [3.8, 4) is 0 Å². The number of hydrogen-bond acceptors (Lipinski definition) is 0. The van der Waals surface area contributed by atoms with Crippen LogP contribution < -0.4 is 0 Å². The molecule has 0 aliphatic heterocycles. The summed E-state index contributed by atoms with van der Waals surface area (Å²) < 4.78 is 25.3. The van der Waals surface area contributed by atoms with Crippen LogP contribution in [0.2, 0.25) is 0 Å². The van der Waals surface area contributed by atoms with Gasteiger partial charge in [0.2, 0.25) is 0 Å². The third-order valence-corrected chi connectivity index (χ3v) is 2.10. The fourth-order valence-electron chi connectivity index (χ4n) is 0.525. The predicted octanol–water partition coefficient (Wildman–Crippen LogP) is 3.49. The van der Waals surface area contributed by atoms with Crippen LogP contribution in [-0.4, -0.2) is 0 Å². The summed E-state index contributed by atoms with van der Waals surface area (Å²) in [6.07, 6.45) is 0. The van der Waals surface area contributed by atoms with Crippen LogP contribution in [0.1, 0.15) is 0 Å². The molecule has 0 unspecified atom stereocenters. The van der Waals surface area contributed by atoms with E-state index in [4.69, 9.17) is 0 Å². The van der Waals surface area contributed by atoms with Crippen LogP contribution in [0.3, 0.4) is 0 Å². The zero-order valence-corrected chi connectivity index (χ0v) is 7.84. The van der Waals surface area contributed by atoms with E-state index in [0.29, 0.717) is 0 Å². The highest BCUT2D eigenvalue weighted by atomic mass is 79.9. The SMILES string of the molecule is Fc1cc(Br)c(F)c(Br)c1. The van der Waals surface area contributed by atoms with Crippen LogP contribution in [-0.2, 0) is 0 Å². The van der Waals surface area contributed by atoms with Crippen LogP contribution >= 0.6 is 31.9 Å². The van der Waals surface area contributed by atoms with Gasteiger partial charge >= 0.3 is 0 Å². The summed E-state index contributed by atoms with van der Waals surface area (Å²) in [4.78, 5) is 0. The van der Waals surface area contributed by atoms with E-state index in [2.05, 4.69) is 31.9 Å². The second kappa shape index (κ2) is 2.96. The Labute approximate surface area is 73.5 Å². The number of benzene rings is 1.